The second-order valence-corrected chi connectivity index (χ2v) is 12.5. The average Bonchev–Trinajstić information content (AvgIpc) is 3.43. The first kappa shape index (κ1) is 26.6. The van der Waals surface area contributed by atoms with Crippen LogP contribution >= 0.6 is 11.3 Å². The fourth-order valence-electron chi connectivity index (χ4n) is 6.58. The van der Waals surface area contributed by atoms with E-state index >= 15 is 0 Å². The molecule has 3 heterocycles. The molecule has 0 radical (unpaired) electrons. The number of benzene rings is 6. The van der Waals surface area contributed by atoms with Crippen LogP contribution in [0.5, 0.6) is 10.8 Å². The Labute approximate surface area is 271 Å². The SMILES string of the molecule is c1ccc(-c2cc(-c3cccc4c5c(sc34)Oc3c(-c4ccccc4)cccc3-c3ccccc3-5)cc(-c3ccccc3)n2)cc1. The quantitative estimate of drug-likeness (QED) is 0.199. The van der Waals surface area contributed by atoms with Crippen molar-refractivity contribution in [2.45, 2.75) is 0 Å². The number of rotatable bonds is 4. The summed E-state index contributed by atoms with van der Waals surface area (Å²) in [6, 6.07) is 57.6. The number of hydrogen-bond acceptors (Lipinski definition) is 3. The maximum absolute atomic E-state index is 7.04. The van der Waals surface area contributed by atoms with Gasteiger partial charge in [-0.15, -0.1) is 0 Å². The molecule has 2 aromatic heterocycles. The molecule has 2 nitrogen and oxygen atoms in total. The minimum absolute atomic E-state index is 0.898. The second kappa shape index (κ2) is 11.0. The third kappa shape index (κ3) is 4.44. The van der Waals surface area contributed by atoms with E-state index in [1.165, 1.54) is 26.8 Å². The molecule has 0 fully saturated rings. The van der Waals surface area contributed by atoms with Gasteiger partial charge >= 0.3 is 0 Å². The lowest BCUT2D eigenvalue weighted by Crippen LogP contribution is -1.91. The molecule has 0 saturated carbocycles. The highest BCUT2D eigenvalue weighted by Crippen LogP contribution is 2.56. The summed E-state index contributed by atoms with van der Waals surface area (Å²) >= 11 is 1.73. The Morgan fingerprint density at radius 1 is 0.413 bits per heavy atom. The molecule has 0 N–H and O–H groups in total. The van der Waals surface area contributed by atoms with Gasteiger partial charge in [-0.3, -0.25) is 0 Å². The Hall–Kier alpha value is -5.77. The summed E-state index contributed by atoms with van der Waals surface area (Å²) in [7, 11) is 0. The predicted molar refractivity (Wildman–Crippen MR) is 192 cm³/mol. The van der Waals surface area contributed by atoms with Crippen molar-refractivity contribution < 1.29 is 4.74 Å². The van der Waals surface area contributed by atoms with Gasteiger partial charge in [-0.1, -0.05) is 163 Å². The number of ether oxygens (including phenoxy) is 1. The topological polar surface area (TPSA) is 22.1 Å². The van der Waals surface area contributed by atoms with E-state index in [0.29, 0.717) is 0 Å². The predicted octanol–water partition coefficient (Wildman–Crippen LogP) is 12.4. The molecule has 9 rings (SSSR count). The van der Waals surface area contributed by atoms with Crippen LogP contribution in [-0.4, -0.2) is 4.98 Å². The van der Waals surface area contributed by atoms with Crippen molar-refractivity contribution in [1.82, 2.24) is 4.98 Å². The van der Waals surface area contributed by atoms with E-state index in [2.05, 4.69) is 152 Å². The van der Waals surface area contributed by atoms with Crippen LogP contribution in [0.3, 0.4) is 0 Å². The van der Waals surface area contributed by atoms with Crippen molar-refractivity contribution in [1.29, 1.82) is 0 Å². The third-order valence-electron chi connectivity index (χ3n) is 8.74. The van der Waals surface area contributed by atoms with Gasteiger partial charge in [-0.25, -0.2) is 4.98 Å². The third-order valence-corrected chi connectivity index (χ3v) is 9.86. The van der Waals surface area contributed by atoms with Crippen molar-refractivity contribution in [2.75, 3.05) is 0 Å². The molecule has 0 unspecified atom stereocenters. The zero-order valence-electron chi connectivity index (χ0n) is 24.9. The fraction of sp³-hybridized carbons (Fsp3) is 0. The fourth-order valence-corrected chi connectivity index (χ4v) is 7.79. The molecule has 46 heavy (non-hydrogen) atoms. The van der Waals surface area contributed by atoms with Gasteiger partial charge in [0.15, 0.2) is 5.06 Å². The molecule has 1 aliphatic heterocycles. The maximum Gasteiger partial charge on any atom is 0.190 e. The van der Waals surface area contributed by atoms with Crippen molar-refractivity contribution in [3.05, 3.63) is 164 Å². The van der Waals surface area contributed by atoms with E-state index in [1.54, 1.807) is 11.3 Å². The molecule has 3 heteroatoms. The molecule has 216 valence electrons. The molecular formula is C43H27NOS. The van der Waals surface area contributed by atoms with Crippen LogP contribution in [0.25, 0.3) is 77.1 Å². The lowest BCUT2D eigenvalue weighted by Gasteiger charge is -2.14. The Balaban J connectivity index is 1.29. The lowest BCUT2D eigenvalue weighted by molar-refractivity contribution is 0.503. The summed E-state index contributed by atoms with van der Waals surface area (Å²) < 4.78 is 8.24. The van der Waals surface area contributed by atoms with Crippen LogP contribution in [0.4, 0.5) is 0 Å². The van der Waals surface area contributed by atoms with Crippen molar-refractivity contribution in [3.8, 4) is 77.8 Å². The number of nitrogens with zero attached hydrogens (tertiary/aromatic N) is 1. The number of pyridine rings is 1. The lowest BCUT2D eigenvalue weighted by atomic mass is 9.91. The Morgan fingerprint density at radius 3 is 1.61 bits per heavy atom. The highest BCUT2D eigenvalue weighted by molar-refractivity contribution is 7.22. The molecule has 0 spiro atoms. The molecule has 0 amide bonds. The normalized spacial score (nSPS) is 11.7. The van der Waals surface area contributed by atoms with Crippen molar-refractivity contribution >= 4 is 21.4 Å². The Bertz CT molecular complexity index is 2320. The number of hydrogen-bond donors (Lipinski definition) is 0. The first-order valence-corrected chi connectivity index (χ1v) is 16.3. The molecular weight excluding hydrogens is 579 g/mol. The minimum Gasteiger partial charge on any atom is -0.445 e. The van der Waals surface area contributed by atoms with Gasteiger partial charge in [-0.05, 0) is 39.9 Å². The van der Waals surface area contributed by atoms with E-state index in [0.717, 1.165) is 61.1 Å². The highest BCUT2D eigenvalue weighted by Gasteiger charge is 2.27. The molecule has 0 aliphatic carbocycles. The van der Waals surface area contributed by atoms with Gasteiger partial charge in [0.25, 0.3) is 0 Å². The summed E-state index contributed by atoms with van der Waals surface area (Å²) in [4.78, 5) is 5.13. The van der Waals surface area contributed by atoms with E-state index < -0.39 is 0 Å². The molecule has 0 bridgehead atoms. The standard InChI is InChI=1S/C43H27NOS/c1-4-14-28(15-5-1)32-22-12-24-36-34-20-10-11-21-35(34)40-37-25-13-23-33(42(37)46-43(40)45-41(32)36)31-26-38(29-16-6-2-7-17-29)44-39(27-31)30-18-8-3-9-19-30/h1-27H. The van der Waals surface area contributed by atoms with Crippen molar-refractivity contribution in [3.63, 3.8) is 0 Å². The summed E-state index contributed by atoms with van der Waals surface area (Å²) in [5.74, 6) is 0.898. The van der Waals surface area contributed by atoms with Crippen LogP contribution in [0, 0.1) is 0 Å². The second-order valence-electron chi connectivity index (χ2n) is 11.5. The van der Waals surface area contributed by atoms with Gasteiger partial charge in [0.1, 0.15) is 5.75 Å². The Morgan fingerprint density at radius 2 is 0.935 bits per heavy atom. The van der Waals surface area contributed by atoms with Gasteiger partial charge in [0.2, 0.25) is 0 Å². The van der Waals surface area contributed by atoms with Gasteiger partial charge in [0, 0.05) is 37.9 Å². The number of thiophene rings is 1. The monoisotopic (exact) mass is 605 g/mol. The summed E-state index contributed by atoms with van der Waals surface area (Å²) in [5, 5.41) is 2.11. The molecule has 8 aromatic rings. The highest BCUT2D eigenvalue weighted by atomic mass is 32.1. The smallest absolute Gasteiger partial charge is 0.190 e. The van der Waals surface area contributed by atoms with Crippen LogP contribution in [-0.2, 0) is 0 Å². The minimum atomic E-state index is 0.898. The zero-order valence-corrected chi connectivity index (χ0v) is 25.7. The van der Waals surface area contributed by atoms with Gasteiger partial charge in [-0.2, -0.15) is 0 Å². The van der Waals surface area contributed by atoms with E-state index in [-0.39, 0.29) is 0 Å². The number of para-hydroxylation sites is 1. The zero-order chi connectivity index (χ0) is 30.5. The molecule has 1 aliphatic rings. The molecule has 0 atom stereocenters. The maximum atomic E-state index is 7.04. The van der Waals surface area contributed by atoms with E-state index in [9.17, 15) is 0 Å². The van der Waals surface area contributed by atoms with Gasteiger partial charge < -0.3 is 4.74 Å². The van der Waals surface area contributed by atoms with Crippen LogP contribution < -0.4 is 4.74 Å². The largest absolute Gasteiger partial charge is 0.445 e. The average molecular weight is 606 g/mol. The number of fused-ring (bicyclic) bond motifs is 7. The summed E-state index contributed by atoms with van der Waals surface area (Å²) in [6.07, 6.45) is 0. The molecule has 0 saturated heterocycles. The van der Waals surface area contributed by atoms with Crippen LogP contribution in [0.15, 0.2) is 164 Å². The van der Waals surface area contributed by atoms with E-state index in [4.69, 9.17) is 9.72 Å². The first-order chi connectivity index (χ1) is 22.8. The van der Waals surface area contributed by atoms with Crippen LogP contribution in [0.1, 0.15) is 0 Å². The van der Waals surface area contributed by atoms with Crippen LogP contribution in [0.2, 0.25) is 0 Å². The molecule has 6 aromatic carbocycles. The Kier molecular flexibility index (Phi) is 6.36. The first-order valence-electron chi connectivity index (χ1n) is 15.5. The summed E-state index contributed by atoms with van der Waals surface area (Å²) in [6.45, 7) is 0. The number of aromatic nitrogens is 1. The summed E-state index contributed by atoms with van der Waals surface area (Å²) in [5.41, 5.74) is 13.3. The van der Waals surface area contributed by atoms with Crippen molar-refractivity contribution in [2.24, 2.45) is 0 Å². The van der Waals surface area contributed by atoms with E-state index in [1.807, 2.05) is 12.1 Å². The van der Waals surface area contributed by atoms with Gasteiger partial charge in [0.05, 0.1) is 11.4 Å².